The molecule has 0 atom stereocenters. The highest BCUT2D eigenvalue weighted by atomic mass is 14.9. The number of aromatic nitrogens is 3. The molecule has 3 rings (SSSR count). The summed E-state index contributed by atoms with van der Waals surface area (Å²) >= 11 is 0. The third-order valence-corrected chi connectivity index (χ3v) is 2.60. The molecule has 2 aromatic heterocycles. The van der Waals surface area contributed by atoms with E-state index in [0.29, 0.717) is 17.0 Å². The van der Waals surface area contributed by atoms with Crippen molar-refractivity contribution in [1.82, 2.24) is 15.0 Å². The molecule has 0 radical (unpaired) electrons. The van der Waals surface area contributed by atoms with E-state index in [-0.39, 0.29) is 0 Å². The Morgan fingerprint density at radius 1 is 1.06 bits per heavy atom. The quantitative estimate of drug-likeness (QED) is 0.646. The van der Waals surface area contributed by atoms with Gasteiger partial charge in [-0.05, 0) is 24.3 Å². The summed E-state index contributed by atoms with van der Waals surface area (Å²) in [5.41, 5.74) is 2.07. The Morgan fingerprint density at radius 2 is 2.00 bits per heavy atom. The summed E-state index contributed by atoms with van der Waals surface area (Å²) in [6.45, 7) is 0. The zero-order valence-electron chi connectivity index (χ0n) is 9.41. The molecule has 0 spiro atoms. The number of hydrogen-bond donors (Lipinski definition) is 0. The number of rotatable bonds is 1. The lowest BCUT2D eigenvalue weighted by atomic mass is 10.1. The fraction of sp³-hybridized carbons (Fsp3) is 0. The number of pyridine rings is 1. The second-order valence-electron chi connectivity index (χ2n) is 3.80. The van der Waals surface area contributed by atoms with E-state index in [1.54, 1.807) is 24.5 Å². The zero-order chi connectivity index (χ0) is 12.4. The number of benzene rings is 1. The molecule has 0 saturated heterocycles. The minimum absolute atomic E-state index is 0.582. The van der Waals surface area contributed by atoms with Gasteiger partial charge in [0.25, 0.3) is 0 Å². The normalized spacial score (nSPS) is 10.2. The molecule has 3 aromatic rings. The first-order valence-electron chi connectivity index (χ1n) is 5.45. The van der Waals surface area contributed by atoms with E-state index in [2.05, 4.69) is 21.0 Å². The highest BCUT2D eigenvalue weighted by Gasteiger charge is 2.04. The molecule has 4 heteroatoms. The Kier molecular flexibility index (Phi) is 2.43. The molecule has 1 aromatic carbocycles. The van der Waals surface area contributed by atoms with Crippen molar-refractivity contribution in [3.63, 3.8) is 0 Å². The molecular formula is C14H8N4. The van der Waals surface area contributed by atoms with Crippen molar-refractivity contribution in [3.8, 4) is 17.5 Å². The Balaban J connectivity index is 2.16. The van der Waals surface area contributed by atoms with E-state index in [4.69, 9.17) is 5.26 Å². The first-order valence-corrected chi connectivity index (χ1v) is 5.45. The average molecular weight is 232 g/mol. The Morgan fingerprint density at radius 3 is 2.89 bits per heavy atom. The summed E-state index contributed by atoms with van der Waals surface area (Å²) in [6.07, 6.45) is 3.44. The third-order valence-electron chi connectivity index (χ3n) is 2.60. The summed E-state index contributed by atoms with van der Waals surface area (Å²) in [5, 5.41) is 9.78. The minimum atomic E-state index is 0.582. The monoisotopic (exact) mass is 232 g/mol. The van der Waals surface area contributed by atoms with Crippen LogP contribution >= 0.6 is 0 Å². The fourth-order valence-corrected chi connectivity index (χ4v) is 1.73. The van der Waals surface area contributed by atoms with Gasteiger partial charge < -0.3 is 0 Å². The smallest absolute Gasteiger partial charge is 0.163 e. The average Bonchev–Trinajstić information content (AvgIpc) is 2.47. The van der Waals surface area contributed by atoms with Gasteiger partial charge in [-0.15, -0.1) is 0 Å². The molecule has 0 saturated carbocycles. The van der Waals surface area contributed by atoms with E-state index in [1.165, 1.54) is 0 Å². The van der Waals surface area contributed by atoms with E-state index in [1.807, 2.05) is 24.3 Å². The van der Waals surface area contributed by atoms with Crippen molar-refractivity contribution < 1.29 is 0 Å². The van der Waals surface area contributed by atoms with Crippen LogP contribution in [-0.4, -0.2) is 15.0 Å². The SMILES string of the molecule is N#Cc1cccc(-c2ncc3cccnc3n2)c1. The highest BCUT2D eigenvalue weighted by molar-refractivity contribution is 5.75. The number of nitrogens with zero attached hydrogens (tertiary/aromatic N) is 4. The van der Waals surface area contributed by atoms with Gasteiger partial charge in [-0.2, -0.15) is 5.26 Å². The van der Waals surface area contributed by atoms with Crippen LogP contribution in [0.5, 0.6) is 0 Å². The van der Waals surface area contributed by atoms with E-state index in [9.17, 15) is 0 Å². The molecule has 0 bridgehead atoms. The van der Waals surface area contributed by atoms with Crippen LogP contribution in [0.3, 0.4) is 0 Å². The first-order chi connectivity index (χ1) is 8.86. The van der Waals surface area contributed by atoms with Gasteiger partial charge in [0.05, 0.1) is 11.6 Å². The Bertz CT molecular complexity index is 759. The van der Waals surface area contributed by atoms with Gasteiger partial charge >= 0.3 is 0 Å². The molecule has 18 heavy (non-hydrogen) atoms. The van der Waals surface area contributed by atoms with Crippen LogP contribution < -0.4 is 0 Å². The van der Waals surface area contributed by atoms with Crippen LogP contribution in [0.1, 0.15) is 5.56 Å². The van der Waals surface area contributed by atoms with Crippen LogP contribution in [0.4, 0.5) is 0 Å². The van der Waals surface area contributed by atoms with Gasteiger partial charge in [-0.3, -0.25) is 0 Å². The molecule has 0 aliphatic heterocycles. The Hall–Kier alpha value is -2.80. The molecule has 0 fully saturated rings. The molecule has 2 heterocycles. The highest BCUT2D eigenvalue weighted by Crippen LogP contribution is 2.18. The van der Waals surface area contributed by atoms with E-state index < -0.39 is 0 Å². The van der Waals surface area contributed by atoms with Gasteiger partial charge in [0, 0.05) is 23.3 Å². The number of hydrogen-bond acceptors (Lipinski definition) is 4. The Labute approximate surface area is 104 Å². The van der Waals surface area contributed by atoms with Gasteiger partial charge in [-0.1, -0.05) is 12.1 Å². The lowest BCUT2D eigenvalue weighted by Gasteiger charge is -2.01. The molecule has 0 aliphatic carbocycles. The molecule has 0 N–H and O–H groups in total. The lowest BCUT2D eigenvalue weighted by Crippen LogP contribution is -1.91. The van der Waals surface area contributed by atoms with Gasteiger partial charge in [0.1, 0.15) is 0 Å². The van der Waals surface area contributed by atoms with Crippen molar-refractivity contribution in [1.29, 1.82) is 5.26 Å². The fourth-order valence-electron chi connectivity index (χ4n) is 1.73. The second kappa shape index (κ2) is 4.22. The summed E-state index contributed by atoms with van der Waals surface area (Å²) in [4.78, 5) is 12.9. The summed E-state index contributed by atoms with van der Waals surface area (Å²) in [7, 11) is 0. The molecule has 84 valence electrons. The van der Waals surface area contributed by atoms with Crippen LogP contribution in [0.25, 0.3) is 22.4 Å². The van der Waals surface area contributed by atoms with Gasteiger partial charge in [0.2, 0.25) is 0 Å². The van der Waals surface area contributed by atoms with Crippen molar-refractivity contribution in [3.05, 3.63) is 54.4 Å². The van der Waals surface area contributed by atoms with Crippen molar-refractivity contribution in [2.75, 3.05) is 0 Å². The number of nitriles is 1. The zero-order valence-corrected chi connectivity index (χ0v) is 9.41. The first kappa shape index (κ1) is 10.4. The third kappa shape index (κ3) is 1.78. The van der Waals surface area contributed by atoms with Crippen LogP contribution in [0.2, 0.25) is 0 Å². The summed E-state index contributed by atoms with van der Waals surface area (Å²) in [6, 6.07) is 13.1. The predicted octanol–water partition coefficient (Wildman–Crippen LogP) is 2.56. The van der Waals surface area contributed by atoms with Crippen LogP contribution in [0.15, 0.2) is 48.8 Å². The molecule has 0 aliphatic rings. The lowest BCUT2D eigenvalue weighted by molar-refractivity contribution is 1.19. The van der Waals surface area contributed by atoms with Crippen molar-refractivity contribution in [2.24, 2.45) is 0 Å². The molecule has 0 amide bonds. The van der Waals surface area contributed by atoms with Gasteiger partial charge in [-0.25, -0.2) is 15.0 Å². The predicted molar refractivity (Wildman–Crippen MR) is 67.5 cm³/mol. The second-order valence-corrected chi connectivity index (χ2v) is 3.80. The molecule has 4 nitrogen and oxygen atoms in total. The summed E-state index contributed by atoms with van der Waals surface area (Å²) in [5.74, 6) is 0.582. The van der Waals surface area contributed by atoms with Crippen LogP contribution in [0, 0.1) is 11.3 Å². The summed E-state index contributed by atoms with van der Waals surface area (Å²) < 4.78 is 0. The van der Waals surface area contributed by atoms with E-state index in [0.717, 1.165) is 10.9 Å². The maximum absolute atomic E-state index is 8.88. The largest absolute Gasteiger partial charge is 0.237 e. The van der Waals surface area contributed by atoms with E-state index >= 15 is 0 Å². The molecular weight excluding hydrogens is 224 g/mol. The standard InChI is InChI=1S/C14H8N4/c15-8-10-3-1-4-11(7-10)13-17-9-12-5-2-6-16-14(12)18-13/h1-7,9H. The minimum Gasteiger partial charge on any atom is -0.237 e. The maximum atomic E-state index is 8.88. The number of fused-ring (bicyclic) bond motifs is 1. The van der Waals surface area contributed by atoms with Crippen molar-refractivity contribution >= 4 is 11.0 Å². The topological polar surface area (TPSA) is 62.5 Å². The van der Waals surface area contributed by atoms with Gasteiger partial charge in [0.15, 0.2) is 11.5 Å². The van der Waals surface area contributed by atoms with Crippen molar-refractivity contribution in [2.45, 2.75) is 0 Å². The van der Waals surface area contributed by atoms with Crippen LogP contribution in [-0.2, 0) is 0 Å². The maximum Gasteiger partial charge on any atom is 0.163 e. The molecule has 0 unspecified atom stereocenters.